The monoisotopic (exact) mass is 182 g/mol. The quantitative estimate of drug-likeness (QED) is 0.332. The number of aldehydes is 1. The van der Waals surface area contributed by atoms with Gasteiger partial charge in [-0.3, -0.25) is 9.59 Å². The summed E-state index contributed by atoms with van der Waals surface area (Å²) in [6.45, 7) is 0. The molecule has 1 aliphatic heterocycles. The molecule has 4 nitrogen and oxygen atoms in total. The Morgan fingerprint density at radius 2 is 1.85 bits per heavy atom. The molecule has 70 valence electrons. The van der Waals surface area contributed by atoms with Crippen molar-refractivity contribution in [1.82, 2.24) is 0 Å². The van der Waals surface area contributed by atoms with Crippen molar-refractivity contribution in [3.05, 3.63) is 0 Å². The van der Waals surface area contributed by atoms with E-state index >= 15 is 0 Å². The van der Waals surface area contributed by atoms with E-state index in [2.05, 4.69) is 4.74 Å². The summed E-state index contributed by atoms with van der Waals surface area (Å²) in [5, 5.41) is 0. The van der Waals surface area contributed by atoms with Crippen LogP contribution in [0.3, 0.4) is 0 Å². The molecule has 0 aromatic carbocycles. The van der Waals surface area contributed by atoms with E-state index in [0.717, 1.165) is 6.29 Å². The third-order valence-electron chi connectivity index (χ3n) is 2.89. The van der Waals surface area contributed by atoms with Crippen LogP contribution < -0.4 is 0 Å². The van der Waals surface area contributed by atoms with E-state index in [4.69, 9.17) is 0 Å². The van der Waals surface area contributed by atoms with E-state index in [1.54, 1.807) is 0 Å². The van der Waals surface area contributed by atoms with Gasteiger partial charge in [-0.05, 0) is 19.3 Å². The van der Waals surface area contributed by atoms with Crippen molar-refractivity contribution in [2.75, 3.05) is 0 Å². The molecule has 0 unspecified atom stereocenters. The number of carbonyl (C=O) groups excluding carboxylic acids is 3. The molecule has 1 aliphatic carbocycles. The summed E-state index contributed by atoms with van der Waals surface area (Å²) in [6.07, 6.45) is 2.66. The molecule has 2 fully saturated rings. The molecule has 1 heterocycles. The highest BCUT2D eigenvalue weighted by molar-refractivity contribution is 5.96. The molecule has 3 atom stereocenters. The molecule has 4 heteroatoms. The first-order chi connectivity index (χ1) is 6.22. The summed E-state index contributed by atoms with van der Waals surface area (Å²) in [5.74, 6) is -1.54. The molecule has 0 aromatic heterocycles. The second-order valence-electron chi connectivity index (χ2n) is 3.66. The predicted molar refractivity (Wildman–Crippen MR) is 41.5 cm³/mol. The van der Waals surface area contributed by atoms with Crippen LogP contribution in [0.15, 0.2) is 0 Å². The molecule has 2 aliphatic rings. The summed E-state index contributed by atoms with van der Waals surface area (Å²) in [5.41, 5.74) is 0. The second-order valence-corrected chi connectivity index (χ2v) is 3.66. The number of hydrogen-bond donors (Lipinski definition) is 0. The van der Waals surface area contributed by atoms with Crippen molar-refractivity contribution in [3.63, 3.8) is 0 Å². The van der Waals surface area contributed by atoms with Gasteiger partial charge >= 0.3 is 11.9 Å². The van der Waals surface area contributed by atoms with Crippen molar-refractivity contribution in [1.29, 1.82) is 0 Å². The number of cyclic esters (lactones) is 2. The van der Waals surface area contributed by atoms with Gasteiger partial charge in [-0.25, -0.2) is 0 Å². The maximum absolute atomic E-state index is 11.1. The van der Waals surface area contributed by atoms with Gasteiger partial charge in [0.15, 0.2) is 0 Å². The highest BCUT2D eigenvalue weighted by Crippen LogP contribution is 2.38. The third-order valence-corrected chi connectivity index (χ3v) is 2.89. The van der Waals surface area contributed by atoms with Gasteiger partial charge < -0.3 is 9.53 Å². The molecule has 0 aromatic rings. The van der Waals surface area contributed by atoms with Crippen LogP contribution in [0.2, 0.25) is 0 Å². The number of ether oxygens (including phenoxy) is 1. The lowest BCUT2D eigenvalue weighted by molar-refractivity contribution is -0.153. The molecule has 1 saturated carbocycles. The van der Waals surface area contributed by atoms with Crippen molar-refractivity contribution in [2.24, 2.45) is 17.8 Å². The first-order valence-corrected chi connectivity index (χ1v) is 4.43. The zero-order valence-electron chi connectivity index (χ0n) is 7.06. The van der Waals surface area contributed by atoms with Gasteiger partial charge in [0, 0.05) is 5.92 Å². The van der Waals surface area contributed by atoms with E-state index in [1.807, 2.05) is 0 Å². The van der Waals surface area contributed by atoms with E-state index in [-0.39, 0.29) is 17.8 Å². The molecule has 0 bridgehead atoms. The molecular weight excluding hydrogens is 172 g/mol. The van der Waals surface area contributed by atoms with E-state index < -0.39 is 11.9 Å². The Morgan fingerprint density at radius 3 is 2.54 bits per heavy atom. The summed E-state index contributed by atoms with van der Waals surface area (Å²) >= 11 is 0. The molecule has 0 N–H and O–H groups in total. The third kappa shape index (κ3) is 1.26. The smallest absolute Gasteiger partial charge is 0.317 e. The van der Waals surface area contributed by atoms with Gasteiger partial charge in [-0.1, -0.05) is 0 Å². The Kier molecular flexibility index (Phi) is 1.90. The largest absolute Gasteiger partial charge is 0.393 e. The number of esters is 2. The Balaban J connectivity index is 2.14. The molecule has 0 spiro atoms. The first-order valence-electron chi connectivity index (χ1n) is 4.43. The van der Waals surface area contributed by atoms with Gasteiger partial charge in [-0.2, -0.15) is 0 Å². The summed E-state index contributed by atoms with van der Waals surface area (Å²) in [7, 11) is 0. The lowest BCUT2D eigenvalue weighted by Gasteiger charge is -2.23. The Bertz CT molecular complexity index is 271. The highest BCUT2D eigenvalue weighted by Gasteiger charge is 2.47. The SMILES string of the molecule is O=C[C@@H]1CC[C@@H]2C(=O)OC(=O)[C@@H]2C1. The molecule has 0 radical (unpaired) electrons. The van der Waals surface area contributed by atoms with E-state index in [0.29, 0.717) is 19.3 Å². The van der Waals surface area contributed by atoms with E-state index in [9.17, 15) is 14.4 Å². The minimum absolute atomic E-state index is 0.0697. The van der Waals surface area contributed by atoms with Gasteiger partial charge in [-0.15, -0.1) is 0 Å². The normalized spacial score (nSPS) is 38.3. The predicted octanol–water partition coefficient (Wildman–Crippen LogP) is 0.301. The fourth-order valence-corrected chi connectivity index (χ4v) is 2.12. The highest BCUT2D eigenvalue weighted by atomic mass is 16.6. The van der Waals surface area contributed by atoms with Crippen LogP contribution in [-0.4, -0.2) is 18.2 Å². The van der Waals surface area contributed by atoms with Crippen molar-refractivity contribution in [2.45, 2.75) is 19.3 Å². The maximum atomic E-state index is 11.1. The van der Waals surface area contributed by atoms with Gasteiger partial charge in [0.2, 0.25) is 0 Å². The van der Waals surface area contributed by atoms with Crippen LogP contribution in [-0.2, 0) is 19.1 Å². The Hall–Kier alpha value is -1.19. The van der Waals surface area contributed by atoms with Crippen molar-refractivity contribution < 1.29 is 19.1 Å². The zero-order valence-corrected chi connectivity index (χ0v) is 7.06. The maximum Gasteiger partial charge on any atom is 0.317 e. The number of carbonyl (C=O) groups is 3. The van der Waals surface area contributed by atoms with Crippen molar-refractivity contribution in [3.8, 4) is 0 Å². The Morgan fingerprint density at radius 1 is 1.15 bits per heavy atom. The minimum Gasteiger partial charge on any atom is -0.393 e. The first kappa shape index (κ1) is 8.41. The number of fused-ring (bicyclic) bond motifs is 1. The number of hydrogen-bond acceptors (Lipinski definition) is 4. The van der Waals surface area contributed by atoms with E-state index in [1.165, 1.54) is 0 Å². The average Bonchev–Trinajstić information content (AvgIpc) is 2.42. The Labute approximate surface area is 75.2 Å². The van der Waals surface area contributed by atoms with Crippen LogP contribution in [0.1, 0.15) is 19.3 Å². The summed E-state index contributed by atoms with van der Waals surface area (Å²) in [4.78, 5) is 32.7. The van der Waals surface area contributed by atoms with Gasteiger partial charge in [0.05, 0.1) is 11.8 Å². The summed E-state index contributed by atoms with van der Waals surface area (Å²) in [6, 6.07) is 0. The van der Waals surface area contributed by atoms with Gasteiger partial charge in [0.1, 0.15) is 6.29 Å². The fraction of sp³-hybridized carbons (Fsp3) is 0.667. The van der Waals surface area contributed by atoms with Crippen LogP contribution in [0.4, 0.5) is 0 Å². The van der Waals surface area contributed by atoms with Crippen molar-refractivity contribution >= 4 is 18.2 Å². The fourth-order valence-electron chi connectivity index (χ4n) is 2.12. The molecule has 0 amide bonds. The lowest BCUT2D eigenvalue weighted by Crippen LogP contribution is -2.27. The lowest BCUT2D eigenvalue weighted by atomic mass is 9.76. The standard InChI is InChI=1S/C9H10O4/c10-4-5-1-2-6-7(3-5)9(12)13-8(6)11/h4-7H,1-3H2/t5-,6+,7-/m1/s1. The molecule has 2 rings (SSSR count). The molecule has 1 saturated heterocycles. The van der Waals surface area contributed by atoms with Crippen LogP contribution in [0.25, 0.3) is 0 Å². The van der Waals surface area contributed by atoms with Gasteiger partial charge in [0.25, 0.3) is 0 Å². The average molecular weight is 182 g/mol. The van der Waals surface area contributed by atoms with Crippen LogP contribution in [0.5, 0.6) is 0 Å². The van der Waals surface area contributed by atoms with Crippen LogP contribution in [0, 0.1) is 17.8 Å². The molecule has 13 heavy (non-hydrogen) atoms. The topological polar surface area (TPSA) is 60.4 Å². The minimum atomic E-state index is -0.443. The number of rotatable bonds is 1. The summed E-state index contributed by atoms with van der Waals surface area (Å²) < 4.78 is 4.51. The zero-order chi connectivity index (χ0) is 9.42. The second kappa shape index (κ2) is 2.94. The van der Waals surface area contributed by atoms with Crippen LogP contribution >= 0.6 is 0 Å². The molecular formula is C9H10O4.